The third-order valence-corrected chi connectivity index (χ3v) is 19.5. The Labute approximate surface area is 89.0 Å². The molecule has 0 fully saturated rings. The van der Waals surface area contributed by atoms with Crippen LogP contribution in [0.3, 0.4) is 0 Å². The lowest BCUT2D eigenvalue weighted by Gasteiger charge is -2.51. The third-order valence-electron chi connectivity index (χ3n) is 3.67. The lowest BCUT2D eigenvalue weighted by atomic mass is 10.2. The first kappa shape index (κ1) is 14.3. The molecule has 3 N–H and O–H groups in total. The predicted molar refractivity (Wildman–Crippen MR) is 63.5 cm³/mol. The van der Waals surface area contributed by atoms with E-state index in [0.717, 1.165) is 0 Å². The molecule has 0 saturated heterocycles. The van der Waals surface area contributed by atoms with Crippen molar-refractivity contribution in [2.75, 3.05) is 0 Å². The molecule has 0 aliphatic rings. The van der Waals surface area contributed by atoms with E-state index in [1.54, 1.807) is 0 Å². The van der Waals surface area contributed by atoms with Crippen molar-refractivity contribution in [2.24, 2.45) is 0 Å². The smallest absolute Gasteiger partial charge is 0.393 e. The first-order chi connectivity index (χ1) is 5.75. The predicted octanol–water partition coefficient (Wildman–Crippen LogP) is 1.66. The number of rotatable bonds is 1. The van der Waals surface area contributed by atoms with Gasteiger partial charge in [0.1, 0.15) is 0 Å². The molecule has 5 heteroatoms. The molecular formula is C9H24O3Si2. The van der Waals surface area contributed by atoms with Crippen LogP contribution in [0.25, 0.3) is 0 Å². The molecule has 0 aromatic heterocycles. The van der Waals surface area contributed by atoms with Crippen LogP contribution < -0.4 is 0 Å². The van der Waals surface area contributed by atoms with Crippen LogP contribution in [-0.2, 0) is 0 Å². The van der Waals surface area contributed by atoms with Gasteiger partial charge in [0.25, 0.3) is 0 Å². The normalized spacial score (nSPS) is 15.9. The van der Waals surface area contributed by atoms with Crippen molar-refractivity contribution in [3.63, 3.8) is 0 Å². The molecule has 0 bridgehead atoms. The molecule has 0 heterocycles. The fraction of sp³-hybridized carbons (Fsp3) is 1.00. The Morgan fingerprint density at radius 3 is 0.929 bits per heavy atom. The maximum atomic E-state index is 9.72. The second-order valence-electron chi connectivity index (χ2n) is 6.26. The summed E-state index contributed by atoms with van der Waals surface area (Å²) in [6.45, 7) is 13.8. The summed E-state index contributed by atoms with van der Waals surface area (Å²) in [4.78, 5) is 29.2. The standard InChI is InChI=1S/C9H24O3Si2/c1-8(2,3)13(7,9(4,5)6)14(10,11)12/h10-12H,1-7H3. The summed E-state index contributed by atoms with van der Waals surface area (Å²) in [6, 6.07) is 0. The van der Waals surface area contributed by atoms with Crippen LogP contribution in [-0.4, -0.2) is 30.3 Å². The zero-order valence-electron chi connectivity index (χ0n) is 10.3. The molecule has 86 valence electrons. The number of hydrogen-bond acceptors (Lipinski definition) is 3. The quantitative estimate of drug-likeness (QED) is 0.607. The molecule has 14 heavy (non-hydrogen) atoms. The number of hydrogen-bond donors (Lipinski definition) is 3. The Kier molecular flexibility index (Phi) is 3.49. The van der Waals surface area contributed by atoms with Crippen molar-refractivity contribution in [1.29, 1.82) is 0 Å². The molecule has 0 aromatic carbocycles. The molecule has 0 radical (unpaired) electrons. The highest BCUT2D eigenvalue weighted by Gasteiger charge is 2.65. The second-order valence-corrected chi connectivity index (χ2v) is 17.8. The lowest BCUT2D eigenvalue weighted by molar-refractivity contribution is 0.249. The molecule has 3 nitrogen and oxygen atoms in total. The molecular weight excluding hydrogens is 212 g/mol. The van der Waals surface area contributed by atoms with Crippen LogP contribution >= 0.6 is 0 Å². The molecule has 0 aromatic rings. The van der Waals surface area contributed by atoms with E-state index in [1.165, 1.54) is 0 Å². The minimum atomic E-state index is -4.04. The van der Waals surface area contributed by atoms with E-state index in [0.29, 0.717) is 0 Å². The van der Waals surface area contributed by atoms with Gasteiger partial charge in [-0.3, -0.25) is 0 Å². The van der Waals surface area contributed by atoms with Gasteiger partial charge in [0.2, 0.25) is 0 Å². The van der Waals surface area contributed by atoms with E-state index in [-0.39, 0.29) is 10.1 Å². The van der Waals surface area contributed by atoms with Gasteiger partial charge in [-0.25, -0.2) is 0 Å². The van der Waals surface area contributed by atoms with Crippen molar-refractivity contribution in [3.8, 4) is 0 Å². The summed E-state index contributed by atoms with van der Waals surface area (Å²) in [5.74, 6) is 0. The second kappa shape index (κ2) is 3.41. The average Bonchev–Trinajstić information content (AvgIpc) is 1.77. The van der Waals surface area contributed by atoms with Crippen LogP contribution in [0.15, 0.2) is 0 Å². The summed E-state index contributed by atoms with van der Waals surface area (Å²) in [6.07, 6.45) is 0. The summed E-state index contributed by atoms with van der Waals surface area (Å²) in [5.41, 5.74) is 0. The third kappa shape index (κ3) is 2.11. The maximum absolute atomic E-state index is 9.72. The summed E-state index contributed by atoms with van der Waals surface area (Å²) in [5, 5.41) is -0.453. The van der Waals surface area contributed by atoms with Crippen molar-refractivity contribution in [2.45, 2.75) is 58.2 Å². The molecule has 0 unspecified atom stereocenters. The first-order valence-electron chi connectivity index (χ1n) is 4.92. The van der Waals surface area contributed by atoms with Gasteiger partial charge < -0.3 is 14.4 Å². The zero-order valence-corrected chi connectivity index (χ0v) is 12.3. The van der Waals surface area contributed by atoms with Crippen LogP contribution in [0.5, 0.6) is 0 Å². The van der Waals surface area contributed by atoms with Crippen molar-refractivity contribution in [1.82, 2.24) is 0 Å². The van der Waals surface area contributed by atoms with E-state index in [1.807, 2.05) is 48.1 Å². The summed E-state index contributed by atoms with van der Waals surface area (Å²) >= 11 is 0. The topological polar surface area (TPSA) is 60.7 Å². The van der Waals surface area contributed by atoms with Gasteiger partial charge in [-0.1, -0.05) is 48.1 Å². The van der Waals surface area contributed by atoms with Gasteiger partial charge in [0.05, 0.1) is 0 Å². The van der Waals surface area contributed by atoms with Gasteiger partial charge in [0.15, 0.2) is 7.59 Å². The Hall–Kier alpha value is 0.314. The Balaban J connectivity index is 5.54. The molecule has 0 aliphatic heterocycles. The molecule has 0 amide bonds. The van der Waals surface area contributed by atoms with E-state index >= 15 is 0 Å². The molecule has 0 spiro atoms. The van der Waals surface area contributed by atoms with Crippen LogP contribution in [0.4, 0.5) is 0 Å². The fourth-order valence-electron chi connectivity index (χ4n) is 2.13. The fourth-order valence-corrected chi connectivity index (χ4v) is 12.4. The molecule has 0 saturated carbocycles. The molecule has 0 atom stereocenters. The van der Waals surface area contributed by atoms with E-state index < -0.39 is 15.9 Å². The Morgan fingerprint density at radius 1 is 0.714 bits per heavy atom. The van der Waals surface area contributed by atoms with Gasteiger partial charge in [-0.15, -0.1) is 0 Å². The van der Waals surface area contributed by atoms with Gasteiger partial charge in [-0.05, 0) is 10.1 Å². The van der Waals surface area contributed by atoms with Gasteiger partial charge in [0, 0.05) is 0 Å². The Morgan fingerprint density at radius 2 is 0.929 bits per heavy atom. The minimum absolute atomic E-state index is 0.226. The molecule has 0 aliphatic carbocycles. The molecule has 0 rings (SSSR count). The summed E-state index contributed by atoms with van der Waals surface area (Å²) < 4.78 is 0. The van der Waals surface area contributed by atoms with Gasteiger partial charge in [-0.2, -0.15) is 0 Å². The minimum Gasteiger partial charge on any atom is -0.393 e. The van der Waals surface area contributed by atoms with Crippen LogP contribution in [0.1, 0.15) is 41.5 Å². The van der Waals surface area contributed by atoms with E-state index in [9.17, 15) is 14.4 Å². The van der Waals surface area contributed by atoms with Crippen molar-refractivity contribution < 1.29 is 14.4 Å². The van der Waals surface area contributed by atoms with Crippen molar-refractivity contribution in [3.05, 3.63) is 0 Å². The van der Waals surface area contributed by atoms with Crippen LogP contribution in [0.2, 0.25) is 16.6 Å². The SMILES string of the molecule is CC(C)(C)[Si](C)(C(C)(C)C)[Si](O)(O)O. The highest BCUT2D eigenvalue weighted by atomic mass is 29.3. The lowest BCUT2D eigenvalue weighted by Crippen LogP contribution is -2.71. The highest BCUT2D eigenvalue weighted by molar-refractivity contribution is 7.35. The van der Waals surface area contributed by atoms with Crippen LogP contribution in [0, 0.1) is 0 Å². The average molecular weight is 236 g/mol. The Bertz CT molecular complexity index is 172. The first-order valence-corrected chi connectivity index (χ1v) is 10.3. The monoisotopic (exact) mass is 236 g/mol. The summed E-state index contributed by atoms with van der Waals surface area (Å²) in [7, 11) is -6.59. The zero-order chi connectivity index (χ0) is 12.0. The van der Waals surface area contributed by atoms with Gasteiger partial charge >= 0.3 is 8.32 Å². The highest BCUT2D eigenvalue weighted by Crippen LogP contribution is 2.53. The maximum Gasteiger partial charge on any atom is 0.462 e. The largest absolute Gasteiger partial charge is 0.462 e. The van der Waals surface area contributed by atoms with E-state index in [2.05, 4.69) is 0 Å². The van der Waals surface area contributed by atoms with E-state index in [4.69, 9.17) is 0 Å². The van der Waals surface area contributed by atoms with Crippen molar-refractivity contribution >= 4 is 15.9 Å².